The number of hydrogen-bond acceptors (Lipinski definition) is 3. The Bertz CT molecular complexity index is 746. The van der Waals surface area contributed by atoms with Gasteiger partial charge in [-0.25, -0.2) is 4.79 Å². The van der Waals surface area contributed by atoms with Gasteiger partial charge in [-0.05, 0) is 67.7 Å². The van der Waals surface area contributed by atoms with Gasteiger partial charge in [0.1, 0.15) is 5.75 Å². The van der Waals surface area contributed by atoms with Crippen LogP contribution in [0.15, 0.2) is 60.6 Å². The first-order valence-corrected chi connectivity index (χ1v) is 9.59. The summed E-state index contributed by atoms with van der Waals surface area (Å²) in [6.07, 6.45) is 8.65. The SMILES string of the molecule is C=C/C=C(/C)SC(=C)c1cc(O[C@H]2CCCC(=C)CC2)cc(C(=O)O)c1. The predicted octanol–water partition coefficient (Wildman–Crippen LogP) is 6.45. The quantitative estimate of drug-likeness (QED) is 0.340. The largest absolute Gasteiger partial charge is 0.490 e. The molecule has 0 aromatic heterocycles. The average molecular weight is 371 g/mol. The van der Waals surface area contributed by atoms with Crippen molar-refractivity contribution in [3.8, 4) is 5.75 Å². The number of aromatic carboxylic acids is 1. The van der Waals surface area contributed by atoms with Crippen molar-refractivity contribution >= 4 is 22.6 Å². The first kappa shape index (κ1) is 20.1. The van der Waals surface area contributed by atoms with E-state index in [1.807, 2.05) is 19.1 Å². The van der Waals surface area contributed by atoms with Gasteiger partial charge in [-0.15, -0.1) is 0 Å². The maximum atomic E-state index is 11.5. The molecule has 0 heterocycles. The molecule has 1 aliphatic rings. The first-order valence-electron chi connectivity index (χ1n) is 8.77. The van der Waals surface area contributed by atoms with Crippen molar-refractivity contribution in [2.75, 3.05) is 0 Å². The number of benzene rings is 1. The average Bonchev–Trinajstić information content (AvgIpc) is 2.79. The lowest BCUT2D eigenvalue weighted by Gasteiger charge is -2.18. The van der Waals surface area contributed by atoms with Crippen LogP contribution in [0.5, 0.6) is 5.75 Å². The van der Waals surface area contributed by atoms with Crippen LogP contribution >= 0.6 is 11.8 Å². The molecule has 0 aliphatic heterocycles. The van der Waals surface area contributed by atoms with Crippen LogP contribution in [-0.4, -0.2) is 17.2 Å². The van der Waals surface area contributed by atoms with Crippen LogP contribution in [-0.2, 0) is 0 Å². The van der Waals surface area contributed by atoms with Crippen molar-refractivity contribution in [1.29, 1.82) is 0 Å². The topological polar surface area (TPSA) is 46.5 Å². The van der Waals surface area contributed by atoms with Crippen LogP contribution in [0.25, 0.3) is 4.91 Å². The number of ether oxygens (including phenoxy) is 1. The Hall–Kier alpha value is -2.20. The molecule has 1 atom stereocenters. The smallest absolute Gasteiger partial charge is 0.335 e. The van der Waals surface area contributed by atoms with Crippen molar-refractivity contribution in [2.45, 2.75) is 45.1 Å². The number of allylic oxidation sites excluding steroid dienone is 4. The number of carbonyl (C=O) groups is 1. The van der Waals surface area contributed by atoms with Gasteiger partial charge in [0.15, 0.2) is 0 Å². The van der Waals surface area contributed by atoms with Gasteiger partial charge in [0.05, 0.1) is 11.7 Å². The van der Waals surface area contributed by atoms with Crippen molar-refractivity contribution < 1.29 is 14.6 Å². The van der Waals surface area contributed by atoms with Crippen LogP contribution < -0.4 is 4.74 Å². The van der Waals surface area contributed by atoms with Crippen molar-refractivity contribution in [3.63, 3.8) is 0 Å². The molecule has 0 amide bonds. The third-order valence-electron chi connectivity index (χ3n) is 4.29. The first-order chi connectivity index (χ1) is 12.4. The van der Waals surface area contributed by atoms with Crippen LogP contribution in [0, 0.1) is 0 Å². The Morgan fingerprint density at radius 2 is 2.00 bits per heavy atom. The lowest BCUT2D eigenvalue weighted by Crippen LogP contribution is -2.15. The van der Waals surface area contributed by atoms with E-state index < -0.39 is 5.97 Å². The van der Waals surface area contributed by atoms with Crippen LogP contribution in [0.3, 0.4) is 0 Å². The molecule has 1 N–H and O–H groups in total. The molecule has 1 aliphatic carbocycles. The molecule has 0 radical (unpaired) electrons. The Morgan fingerprint density at radius 1 is 1.27 bits per heavy atom. The molecule has 2 rings (SSSR count). The van der Waals surface area contributed by atoms with E-state index in [2.05, 4.69) is 19.7 Å². The van der Waals surface area contributed by atoms with Crippen molar-refractivity contribution in [3.05, 3.63) is 71.7 Å². The monoisotopic (exact) mass is 370 g/mol. The third kappa shape index (κ3) is 5.95. The maximum Gasteiger partial charge on any atom is 0.335 e. The van der Waals surface area contributed by atoms with Gasteiger partial charge in [0.25, 0.3) is 0 Å². The molecule has 1 fully saturated rings. The predicted molar refractivity (Wildman–Crippen MR) is 111 cm³/mol. The number of carboxylic acid groups (broad SMARTS) is 1. The van der Waals surface area contributed by atoms with E-state index in [9.17, 15) is 9.90 Å². The number of rotatable bonds is 7. The fourth-order valence-corrected chi connectivity index (χ4v) is 3.72. The summed E-state index contributed by atoms with van der Waals surface area (Å²) in [7, 11) is 0. The molecule has 26 heavy (non-hydrogen) atoms. The van der Waals surface area contributed by atoms with Gasteiger partial charge in [-0.3, -0.25) is 0 Å². The second-order valence-electron chi connectivity index (χ2n) is 6.51. The fourth-order valence-electron chi connectivity index (χ4n) is 2.93. The summed E-state index contributed by atoms with van der Waals surface area (Å²) in [6.45, 7) is 13.8. The van der Waals surface area contributed by atoms with E-state index in [1.165, 1.54) is 17.3 Å². The normalized spacial score (nSPS) is 18.1. The van der Waals surface area contributed by atoms with E-state index in [0.29, 0.717) is 5.75 Å². The highest BCUT2D eigenvalue weighted by Crippen LogP contribution is 2.35. The molecular formula is C22H26O3S. The zero-order valence-corrected chi connectivity index (χ0v) is 16.1. The van der Waals surface area contributed by atoms with Crippen LogP contribution in [0.2, 0.25) is 0 Å². The second-order valence-corrected chi connectivity index (χ2v) is 7.85. The molecule has 138 valence electrons. The Kier molecular flexibility index (Phi) is 7.34. The zero-order valence-electron chi connectivity index (χ0n) is 15.3. The summed E-state index contributed by atoms with van der Waals surface area (Å²) in [4.78, 5) is 13.3. The molecule has 0 bridgehead atoms. The van der Waals surface area contributed by atoms with Gasteiger partial charge in [0.2, 0.25) is 0 Å². The number of thioether (sulfide) groups is 1. The Balaban J connectivity index is 2.23. The Morgan fingerprint density at radius 3 is 2.69 bits per heavy atom. The molecule has 1 aromatic carbocycles. The highest BCUT2D eigenvalue weighted by Gasteiger charge is 2.17. The minimum atomic E-state index is -0.970. The summed E-state index contributed by atoms with van der Waals surface area (Å²) in [6, 6.07) is 5.11. The third-order valence-corrected chi connectivity index (χ3v) is 5.23. The van der Waals surface area contributed by atoms with Crippen molar-refractivity contribution in [1.82, 2.24) is 0 Å². The molecule has 1 saturated carbocycles. The second kappa shape index (κ2) is 9.48. The van der Waals surface area contributed by atoms with E-state index in [4.69, 9.17) is 4.74 Å². The summed E-state index contributed by atoms with van der Waals surface area (Å²) in [5, 5.41) is 9.44. The minimum Gasteiger partial charge on any atom is -0.490 e. The molecule has 0 spiro atoms. The summed E-state index contributed by atoms with van der Waals surface area (Å²) < 4.78 is 6.13. The van der Waals surface area contributed by atoms with Crippen molar-refractivity contribution in [2.24, 2.45) is 0 Å². The Labute approximate surface area is 160 Å². The lowest BCUT2D eigenvalue weighted by molar-refractivity contribution is 0.0695. The molecule has 0 unspecified atom stereocenters. The van der Waals surface area contributed by atoms with Crippen LogP contribution in [0.1, 0.15) is 54.9 Å². The number of carboxylic acids is 1. The zero-order chi connectivity index (χ0) is 19.1. The fraction of sp³-hybridized carbons (Fsp3) is 0.318. The number of hydrogen-bond donors (Lipinski definition) is 1. The minimum absolute atomic E-state index is 0.0921. The summed E-state index contributed by atoms with van der Waals surface area (Å²) in [5.41, 5.74) is 2.24. The molecular weight excluding hydrogens is 344 g/mol. The molecule has 4 heteroatoms. The standard InChI is InChI=1S/C22H26O3S/c1-5-7-16(3)26-17(4)18-12-19(22(23)24)14-21(13-18)25-20-9-6-8-15(2)10-11-20/h5,7,12-14,20H,1-2,4,6,8-11H2,3H3,(H,23,24)/b16-7-/t20-/m0/s1. The molecule has 1 aromatic rings. The van der Waals surface area contributed by atoms with Gasteiger partial charge in [0, 0.05) is 4.91 Å². The summed E-state index contributed by atoms with van der Waals surface area (Å²) in [5.74, 6) is -0.383. The molecule has 0 saturated heterocycles. The molecule has 3 nitrogen and oxygen atoms in total. The van der Waals surface area contributed by atoms with Gasteiger partial charge in [-0.1, -0.05) is 49.2 Å². The highest BCUT2D eigenvalue weighted by atomic mass is 32.2. The van der Waals surface area contributed by atoms with Gasteiger partial charge >= 0.3 is 5.97 Å². The van der Waals surface area contributed by atoms with Gasteiger partial charge in [-0.2, -0.15) is 0 Å². The highest BCUT2D eigenvalue weighted by molar-refractivity contribution is 8.11. The lowest BCUT2D eigenvalue weighted by atomic mass is 10.1. The van der Waals surface area contributed by atoms with E-state index in [0.717, 1.165) is 47.5 Å². The van der Waals surface area contributed by atoms with E-state index >= 15 is 0 Å². The van der Waals surface area contributed by atoms with E-state index in [-0.39, 0.29) is 11.7 Å². The maximum absolute atomic E-state index is 11.5. The summed E-state index contributed by atoms with van der Waals surface area (Å²) >= 11 is 1.49. The van der Waals surface area contributed by atoms with Gasteiger partial charge < -0.3 is 9.84 Å². The van der Waals surface area contributed by atoms with Crippen LogP contribution in [0.4, 0.5) is 0 Å². The van der Waals surface area contributed by atoms with E-state index in [1.54, 1.807) is 18.2 Å².